The number of nitriles is 2. The normalized spacial score (nSPS) is 46.5. The summed E-state index contributed by atoms with van der Waals surface area (Å²) >= 11 is 1.57. The van der Waals surface area contributed by atoms with Crippen molar-refractivity contribution in [2.24, 2.45) is 22.5 Å². The Kier molecular flexibility index (Phi) is 2.61. The number of nitrogens with two attached hydrogens (primary N) is 1. The van der Waals surface area contributed by atoms with Gasteiger partial charge in [-0.25, -0.2) is 4.99 Å². The highest BCUT2D eigenvalue weighted by Gasteiger charge is 2.95. The van der Waals surface area contributed by atoms with Gasteiger partial charge in [-0.15, -0.1) is 0 Å². The standard InChI is InChI=1S/C13H16N4OS/c1-2-3-4-9-11(7-14)10(16)17-13(12(9,11)8-15)18-5-6-19-13/h9H,2-6H2,1H3,(H2,16,17)/p+1/t9-,11-,12-,13-/m1/s1. The molecule has 0 bridgehead atoms. The van der Waals surface area contributed by atoms with E-state index >= 15 is 0 Å². The maximum absolute atomic E-state index is 9.77. The fourth-order valence-electron chi connectivity index (χ4n) is 3.83. The van der Waals surface area contributed by atoms with Gasteiger partial charge in [-0.05, 0) is 6.42 Å². The largest absolute Gasteiger partial charge is 0.327 e. The number of nitrogens with one attached hydrogen (secondary N) is 1. The lowest BCUT2D eigenvalue weighted by Gasteiger charge is -2.23. The van der Waals surface area contributed by atoms with Crippen LogP contribution in [0.4, 0.5) is 0 Å². The van der Waals surface area contributed by atoms with Crippen molar-refractivity contribution in [3.05, 3.63) is 0 Å². The van der Waals surface area contributed by atoms with E-state index in [9.17, 15) is 10.5 Å². The predicted molar refractivity (Wildman–Crippen MR) is 70.4 cm³/mol. The van der Waals surface area contributed by atoms with Gasteiger partial charge in [-0.1, -0.05) is 31.5 Å². The van der Waals surface area contributed by atoms with Crippen LogP contribution in [-0.2, 0) is 4.74 Å². The molecule has 0 radical (unpaired) electrons. The molecular formula is C13H17N4OS+. The third-order valence-corrected chi connectivity index (χ3v) is 6.04. The smallest absolute Gasteiger partial charge is 0.277 e. The molecule has 5 nitrogen and oxygen atoms in total. The molecular weight excluding hydrogens is 260 g/mol. The van der Waals surface area contributed by atoms with Crippen LogP contribution < -0.4 is 10.7 Å². The highest BCUT2D eigenvalue weighted by atomic mass is 32.2. The predicted octanol–water partition coefficient (Wildman–Crippen LogP) is -0.305. The zero-order valence-corrected chi connectivity index (χ0v) is 11.7. The number of ether oxygens (including phenoxy) is 1. The Hall–Kier alpha value is -1.24. The van der Waals surface area contributed by atoms with Crippen LogP contribution in [0.2, 0.25) is 0 Å². The summed E-state index contributed by atoms with van der Waals surface area (Å²) in [4.78, 5) is 3.11. The van der Waals surface area contributed by atoms with Gasteiger partial charge in [0.2, 0.25) is 0 Å². The van der Waals surface area contributed by atoms with E-state index < -0.39 is 15.9 Å². The monoisotopic (exact) mass is 277 g/mol. The molecule has 1 saturated carbocycles. The molecule has 3 rings (SSSR count). The molecule has 1 spiro atoms. The summed E-state index contributed by atoms with van der Waals surface area (Å²) in [6, 6.07) is 4.72. The maximum Gasteiger partial charge on any atom is 0.277 e. The Bertz CT molecular complexity index is 528. The van der Waals surface area contributed by atoms with E-state index in [-0.39, 0.29) is 5.92 Å². The topological polar surface area (TPSA) is 96.8 Å². The minimum atomic E-state index is -0.867. The summed E-state index contributed by atoms with van der Waals surface area (Å²) in [6.45, 7) is 2.70. The molecule has 0 aromatic carbocycles. The Balaban J connectivity index is 2.06. The van der Waals surface area contributed by atoms with E-state index in [0.29, 0.717) is 12.4 Å². The second-order valence-electron chi connectivity index (χ2n) is 5.39. The van der Waals surface area contributed by atoms with Crippen molar-refractivity contribution >= 4 is 17.6 Å². The zero-order chi connectivity index (χ0) is 13.7. The van der Waals surface area contributed by atoms with Crippen LogP contribution >= 0.6 is 11.8 Å². The van der Waals surface area contributed by atoms with Gasteiger partial charge in [0.1, 0.15) is 0 Å². The van der Waals surface area contributed by atoms with E-state index in [1.807, 2.05) is 0 Å². The second kappa shape index (κ2) is 3.88. The van der Waals surface area contributed by atoms with Gasteiger partial charge in [0.05, 0.1) is 18.7 Å². The molecule has 2 fully saturated rings. The Morgan fingerprint density at radius 2 is 2.32 bits per heavy atom. The molecule has 3 N–H and O–H groups in total. The number of thioether (sulfide) groups is 1. The molecule has 2 heterocycles. The zero-order valence-electron chi connectivity index (χ0n) is 10.9. The maximum atomic E-state index is 9.77. The van der Waals surface area contributed by atoms with Crippen LogP contribution in [0.3, 0.4) is 0 Å². The van der Waals surface area contributed by atoms with Gasteiger partial charge < -0.3 is 4.74 Å². The summed E-state index contributed by atoms with van der Waals surface area (Å²) in [7, 11) is 0. The second-order valence-corrected chi connectivity index (χ2v) is 6.66. The van der Waals surface area contributed by atoms with E-state index in [4.69, 9.17) is 10.5 Å². The van der Waals surface area contributed by atoms with Gasteiger partial charge >= 0.3 is 0 Å². The first-order valence-corrected chi connectivity index (χ1v) is 7.65. The SMILES string of the molecule is CCCC[C@H]1[C@@]2(C#N)[C@@]3([NH+]=C(N)[C@@]12C#N)OCCS3. The molecule has 0 aromatic heterocycles. The summed E-state index contributed by atoms with van der Waals surface area (Å²) in [5, 5.41) is 18.6. The van der Waals surface area contributed by atoms with Crippen LogP contribution in [-0.4, -0.2) is 23.3 Å². The van der Waals surface area contributed by atoms with Crippen molar-refractivity contribution in [1.82, 2.24) is 0 Å². The van der Waals surface area contributed by atoms with Gasteiger partial charge in [-0.3, -0.25) is 5.73 Å². The molecule has 0 unspecified atom stereocenters. The Labute approximate surface area is 116 Å². The van der Waals surface area contributed by atoms with Gasteiger partial charge in [-0.2, -0.15) is 10.5 Å². The number of hydrogen-bond acceptors (Lipinski definition) is 5. The molecule has 1 saturated heterocycles. The first kappa shape index (κ1) is 12.8. The van der Waals surface area contributed by atoms with Gasteiger partial charge in [0.25, 0.3) is 10.9 Å². The first-order valence-electron chi connectivity index (χ1n) is 6.66. The van der Waals surface area contributed by atoms with E-state index in [1.165, 1.54) is 0 Å². The molecule has 19 heavy (non-hydrogen) atoms. The lowest BCUT2D eigenvalue weighted by molar-refractivity contribution is -0.584. The number of unbranched alkanes of at least 4 members (excludes halogenated alkanes) is 1. The summed E-state index contributed by atoms with van der Waals surface area (Å²) < 4.78 is 5.83. The van der Waals surface area contributed by atoms with E-state index in [1.54, 1.807) is 11.8 Å². The number of hydrogen-bond donors (Lipinski definition) is 2. The fraction of sp³-hybridized carbons (Fsp3) is 0.769. The molecule has 2 aliphatic heterocycles. The Morgan fingerprint density at radius 1 is 1.53 bits per heavy atom. The molecule has 3 aliphatic rings. The number of fused-ring (bicyclic) bond motifs is 2. The third-order valence-electron chi connectivity index (χ3n) is 4.72. The summed E-state index contributed by atoms with van der Waals surface area (Å²) in [5.41, 5.74) is 4.39. The van der Waals surface area contributed by atoms with E-state index in [0.717, 1.165) is 25.0 Å². The Morgan fingerprint density at radius 3 is 2.84 bits per heavy atom. The van der Waals surface area contributed by atoms with Crippen molar-refractivity contribution in [1.29, 1.82) is 10.5 Å². The molecule has 4 atom stereocenters. The minimum Gasteiger partial charge on any atom is -0.327 e. The molecule has 0 amide bonds. The molecule has 1 aliphatic carbocycles. The minimum absolute atomic E-state index is 0.0122. The average molecular weight is 277 g/mol. The van der Waals surface area contributed by atoms with Gasteiger partial charge in [0, 0.05) is 11.7 Å². The van der Waals surface area contributed by atoms with Crippen LogP contribution in [0.25, 0.3) is 0 Å². The van der Waals surface area contributed by atoms with E-state index in [2.05, 4.69) is 24.1 Å². The average Bonchev–Trinajstić information content (AvgIpc) is 2.67. The van der Waals surface area contributed by atoms with Crippen molar-refractivity contribution < 1.29 is 9.73 Å². The number of rotatable bonds is 3. The number of amidine groups is 1. The first-order chi connectivity index (χ1) is 9.15. The lowest BCUT2D eigenvalue weighted by Crippen LogP contribution is -2.88. The highest BCUT2D eigenvalue weighted by molar-refractivity contribution is 8.00. The number of nitrogens with zero attached hydrogens (tertiary/aromatic N) is 2. The fourth-order valence-corrected chi connectivity index (χ4v) is 5.21. The van der Waals surface area contributed by atoms with Crippen LogP contribution in [0, 0.1) is 39.4 Å². The summed E-state index contributed by atoms with van der Waals surface area (Å²) in [5.74, 6) is 1.24. The van der Waals surface area contributed by atoms with Crippen LogP contribution in [0.15, 0.2) is 0 Å². The van der Waals surface area contributed by atoms with Crippen molar-refractivity contribution in [3.63, 3.8) is 0 Å². The van der Waals surface area contributed by atoms with Crippen molar-refractivity contribution in [2.45, 2.75) is 31.2 Å². The van der Waals surface area contributed by atoms with Crippen molar-refractivity contribution in [2.75, 3.05) is 12.4 Å². The molecule has 100 valence electrons. The van der Waals surface area contributed by atoms with Crippen LogP contribution in [0.5, 0.6) is 0 Å². The molecule has 0 aromatic rings. The quantitative estimate of drug-likeness (QED) is 0.738. The third kappa shape index (κ3) is 1.13. The highest BCUT2D eigenvalue weighted by Crippen LogP contribution is 2.77. The summed E-state index contributed by atoms with van der Waals surface area (Å²) in [6.07, 6.45) is 2.91. The lowest BCUT2D eigenvalue weighted by atomic mass is 9.95. The van der Waals surface area contributed by atoms with Gasteiger partial charge in [0.15, 0.2) is 10.8 Å². The molecule has 6 heteroatoms. The van der Waals surface area contributed by atoms with Crippen molar-refractivity contribution in [3.8, 4) is 12.1 Å². The van der Waals surface area contributed by atoms with Crippen LogP contribution in [0.1, 0.15) is 26.2 Å².